The van der Waals surface area contributed by atoms with Gasteiger partial charge in [0.1, 0.15) is 11.6 Å². The van der Waals surface area contributed by atoms with Gasteiger partial charge in [0.2, 0.25) is 0 Å². The standard InChI is InChI=1S/C22H24F2S/c1-2-16-22(17-8-12-19(23)13-9-17,18-10-14-20(24)15-11-18)25-21-6-4-3-5-7-21/h2,8-15,21H,1,3-7,16H2. The fraction of sp³-hybridized carbons (Fsp3) is 0.364. The van der Waals surface area contributed by atoms with Crippen molar-refractivity contribution in [2.75, 3.05) is 0 Å². The molecule has 0 nitrogen and oxygen atoms in total. The normalized spacial score (nSPS) is 15.9. The summed E-state index contributed by atoms with van der Waals surface area (Å²) in [5.41, 5.74) is 2.10. The summed E-state index contributed by atoms with van der Waals surface area (Å²) in [6, 6.07) is 13.5. The van der Waals surface area contributed by atoms with E-state index in [1.165, 1.54) is 56.4 Å². The molecular weight excluding hydrogens is 334 g/mol. The highest BCUT2D eigenvalue weighted by Crippen LogP contribution is 2.50. The Balaban J connectivity index is 2.07. The minimum atomic E-state index is -0.356. The van der Waals surface area contributed by atoms with Crippen molar-refractivity contribution < 1.29 is 8.78 Å². The van der Waals surface area contributed by atoms with Crippen LogP contribution >= 0.6 is 11.8 Å². The highest BCUT2D eigenvalue weighted by atomic mass is 32.2. The molecule has 0 spiro atoms. The summed E-state index contributed by atoms with van der Waals surface area (Å²) in [7, 11) is 0. The number of rotatable bonds is 6. The molecule has 0 unspecified atom stereocenters. The Bertz CT molecular complexity index is 639. The van der Waals surface area contributed by atoms with Gasteiger partial charge in [-0.2, -0.15) is 0 Å². The number of thioether (sulfide) groups is 1. The van der Waals surface area contributed by atoms with E-state index in [2.05, 4.69) is 6.58 Å². The Morgan fingerprint density at radius 1 is 0.880 bits per heavy atom. The monoisotopic (exact) mass is 358 g/mol. The van der Waals surface area contributed by atoms with Gasteiger partial charge in [-0.3, -0.25) is 0 Å². The van der Waals surface area contributed by atoms with Crippen LogP contribution in [0, 0.1) is 11.6 Å². The van der Waals surface area contributed by atoms with E-state index in [4.69, 9.17) is 0 Å². The van der Waals surface area contributed by atoms with E-state index in [9.17, 15) is 8.78 Å². The molecule has 0 saturated heterocycles. The van der Waals surface area contributed by atoms with Crippen LogP contribution in [0.3, 0.4) is 0 Å². The first-order valence-electron chi connectivity index (χ1n) is 8.95. The Kier molecular flexibility index (Phi) is 5.95. The number of hydrogen-bond acceptors (Lipinski definition) is 1. The molecule has 0 bridgehead atoms. The lowest BCUT2D eigenvalue weighted by atomic mass is 9.87. The first kappa shape index (κ1) is 18.2. The maximum atomic E-state index is 13.5. The van der Waals surface area contributed by atoms with Gasteiger partial charge >= 0.3 is 0 Å². The molecule has 0 N–H and O–H groups in total. The summed E-state index contributed by atoms with van der Waals surface area (Å²) in [6.07, 6.45) is 8.87. The smallest absolute Gasteiger partial charge is 0.123 e. The Hall–Kier alpha value is -1.61. The first-order valence-corrected chi connectivity index (χ1v) is 9.83. The van der Waals surface area contributed by atoms with Crippen molar-refractivity contribution in [3.63, 3.8) is 0 Å². The zero-order chi connectivity index (χ0) is 17.7. The predicted octanol–water partition coefficient (Wildman–Crippen LogP) is 6.85. The predicted molar refractivity (Wildman–Crippen MR) is 103 cm³/mol. The van der Waals surface area contributed by atoms with Gasteiger partial charge < -0.3 is 0 Å². The van der Waals surface area contributed by atoms with E-state index in [0.29, 0.717) is 5.25 Å². The minimum absolute atomic E-state index is 0.238. The summed E-state index contributed by atoms with van der Waals surface area (Å²) < 4.78 is 26.6. The van der Waals surface area contributed by atoms with E-state index in [-0.39, 0.29) is 16.4 Å². The number of halogens is 2. The Labute approximate surface area is 153 Å². The SMILES string of the molecule is C=CCC(SC1CCCCC1)(c1ccc(F)cc1)c1ccc(F)cc1. The molecule has 25 heavy (non-hydrogen) atoms. The van der Waals surface area contributed by atoms with Crippen LogP contribution < -0.4 is 0 Å². The van der Waals surface area contributed by atoms with Crippen LogP contribution in [0.2, 0.25) is 0 Å². The molecule has 0 heterocycles. The Morgan fingerprint density at radius 2 is 1.36 bits per heavy atom. The molecular formula is C22H24F2S. The third-order valence-corrected chi connectivity index (χ3v) is 6.82. The molecule has 1 aliphatic carbocycles. The van der Waals surface area contributed by atoms with Crippen LogP contribution in [0.15, 0.2) is 61.2 Å². The van der Waals surface area contributed by atoms with E-state index < -0.39 is 0 Å². The second-order valence-corrected chi connectivity index (χ2v) is 8.31. The van der Waals surface area contributed by atoms with Crippen LogP contribution in [0.4, 0.5) is 8.78 Å². The molecule has 3 heteroatoms. The summed E-state index contributed by atoms with van der Waals surface area (Å²) in [4.78, 5) is 0. The van der Waals surface area contributed by atoms with Crippen LogP contribution in [0.25, 0.3) is 0 Å². The fourth-order valence-corrected chi connectivity index (χ4v) is 5.59. The highest BCUT2D eigenvalue weighted by Gasteiger charge is 2.37. The number of hydrogen-bond donors (Lipinski definition) is 0. The lowest BCUT2D eigenvalue weighted by Gasteiger charge is -2.38. The van der Waals surface area contributed by atoms with Crippen LogP contribution in [0.5, 0.6) is 0 Å². The van der Waals surface area contributed by atoms with Gasteiger partial charge in [0, 0.05) is 5.25 Å². The molecule has 1 aliphatic rings. The molecule has 1 fully saturated rings. The first-order chi connectivity index (χ1) is 12.1. The quantitative estimate of drug-likeness (QED) is 0.509. The van der Waals surface area contributed by atoms with E-state index >= 15 is 0 Å². The van der Waals surface area contributed by atoms with Crippen molar-refractivity contribution in [3.05, 3.63) is 83.9 Å². The van der Waals surface area contributed by atoms with E-state index in [1.54, 1.807) is 0 Å². The lowest BCUT2D eigenvalue weighted by Crippen LogP contribution is -2.27. The molecule has 132 valence electrons. The van der Waals surface area contributed by atoms with Crippen molar-refractivity contribution >= 4 is 11.8 Å². The van der Waals surface area contributed by atoms with Gasteiger partial charge in [0.05, 0.1) is 4.75 Å². The van der Waals surface area contributed by atoms with E-state index in [1.807, 2.05) is 42.1 Å². The van der Waals surface area contributed by atoms with Gasteiger partial charge in [-0.05, 0) is 54.7 Å². The zero-order valence-corrected chi connectivity index (χ0v) is 15.2. The molecule has 3 rings (SSSR count). The molecule has 2 aromatic carbocycles. The Morgan fingerprint density at radius 3 is 1.80 bits per heavy atom. The van der Waals surface area contributed by atoms with Crippen LogP contribution in [-0.4, -0.2) is 5.25 Å². The summed E-state index contributed by atoms with van der Waals surface area (Å²) in [5, 5.41) is 0.559. The van der Waals surface area contributed by atoms with Gasteiger partial charge in [0.15, 0.2) is 0 Å². The van der Waals surface area contributed by atoms with Crippen molar-refractivity contribution in [1.82, 2.24) is 0 Å². The maximum Gasteiger partial charge on any atom is 0.123 e. The van der Waals surface area contributed by atoms with Crippen molar-refractivity contribution in [1.29, 1.82) is 0 Å². The largest absolute Gasteiger partial charge is 0.207 e. The second-order valence-electron chi connectivity index (χ2n) is 6.71. The zero-order valence-electron chi connectivity index (χ0n) is 14.4. The highest BCUT2D eigenvalue weighted by molar-refractivity contribution is 8.01. The molecule has 0 aromatic heterocycles. The fourth-order valence-electron chi connectivity index (χ4n) is 3.70. The van der Waals surface area contributed by atoms with E-state index in [0.717, 1.165) is 17.5 Å². The molecule has 0 aliphatic heterocycles. The van der Waals surface area contributed by atoms with Crippen LogP contribution in [-0.2, 0) is 4.75 Å². The summed E-state index contributed by atoms with van der Waals surface area (Å²) in [6.45, 7) is 3.96. The topological polar surface area (TPSA) is 0 Å². The van der Waals surface area contributed by atoms with Gasteiger partial charge in [-0.1, -0.05) is 49.6 Å². The number of allylic oxidation sites excluding steroid dienone is 1. The van der Waals surface area contributed by atoms with Gasteiger partial charge in [0.25, 0.3) is 0 Å². The van der Waals surface area contributed by atoms with Crippen molar-refractivity contribution in [2.24, 2.45) is 0 Å². The third kappa shape index (κ3) is 4.14. The molecule has 0 amide bonds. The number of benzene rings is 2. The third-order valence-electron chi connectivity index (χ3n) is 4.97. The second kappa shape index (κ2) is 8.18. The lowest BCUT2D eigenvalue weighted by molar-refractivity contribution is 0.512. The minimum Gasteiger partial charge on any atom is -0.207 e. The average molecular weight is 358 g/mol. The van der Waals surface area contributed by atoms with Gasteiger partial charge in [-0.15, -0.1) is 18.3 Å². The van der Waals surface area contributed by atoms with Gasteiger partial charge in [-0.25, -0.2) is 8.78 Å². The van der Waals surface area contributed by atoms with Crippen molar-refractivity contribution in [3.8, 4) is 0 Å². The maximum absolute atomic E-state index is 13.5. The van der Waals surface area contributed by atoms with Crippen LogP contribution in [0.1, 0.15) is 49.7 Å². The van der Waals surface area contributed by atoms with Crippen molar-refractivity contribution in [2.45, 2.75) is 48.5 Å². The molecule has 0 atom stereocenters. The average Bonchev–Trinajstić information content (AvgIpc) is 2.63. The summed E-state index contributed by atoms with van der Waals surface area (Å²) in [5.74, 6) is -0.476. The molecule has 2 aromatic rings. The summed E-state index contributed by atoms with van der Waals surface area (Å²) >= 11 is 1.94. The molecule has 1 saturated carbocycles. The molecule has 0 radical (unpaired) electrons.